The molecule has 3 fully saturated rings. The van der Waals surface area contributed by atoms with Gasteiger partial charge in [0.1, 0.15) is 5.75 Å². The number of rotatable bonds is 4. The van der Waals surface area contributed by atoms with Crippen molar-refractivity contribution in [3.63, 3.8) is 0 Å². The molecule has 1 aliphatic heterocycles. The van der Waals surface area contributed by atoms with Crippen LogP contribution in [-0.4, -0.2) is 57.5 Å². The Bertz CT molecular complexity index is 795. The number of aliphatic hydroxyl groups is 2. The van der Waals surface area contributed by atoms with E-state index < -0.39 is 17.1 Å². The molecule has 0 radical (unpaired) electrons. The summed E-state index contributed by atoms with van der Waals surface area (Å²) in [7, 11) is 0. The van der Waals surface area contributed by atoms with Gasteiger partial charge in [0.05, 0.1) is 17.4 Å². The number of phenols is 1. The van der Waals surface area contributed by atoms with Crippen molar-refractivity contribution >= 4 is 12.1 Å². The third-order valence-corrected chi connectivity index (χ3v) is 8.18. The summed E-state index contributed by atoms with van der Waals surface area (Å²) in [6.45, 7) is 1.91. The summed E-state index contributed by atoms with van der Waals surface area (Å²) in [6.07, 6.45) is 6.97. The third kappa shape index (κ3) is 2.41. The lowest BCUT2D eigenvalue weighted by Gasteiger charge is -2.64. The minimum Gasteiger partial charge on any atom is -0.505 e. The molecule has 1 saturated heterocycles. The summed E-state index contributed by atoms with van der Waals surface area (Å²) in [4.78, 5) is 13.4. The number of anilines is 1. The molecule has 152 valence electrons. The molecule has 4 atom stereocenters. The number of nitrogens with one attached hydrogen (secondary N) is 1. The maximum absolute atomic E-state index is 12.1. The Hall–Kier alpha value is -1.63. The van der Waals surface area contributed by atoms with Crippen molar-refractivity contribution in [2.75, 3.05) is 18.4 Å². The molecule has 2 saturated carbocycles. The molecule has 4 aliphatic rings. The van der Waals surface area contributed by atoms with Gasteiger partial charge >= 0.3 is 0 Å². The highest BCUT2D eigenvalue weighted by Gasteiger charge is 2.65. The number of phenolic OH excluding ortho intramolecular Hbond substituents is 1. The summed E-state index contributed by atoms with van der Waals surface area (Å²) in [6, 6.07) is 3.74. The lowest BCUT2D eigenvalue weighted by Crippen LogP contribution is -2.73. The zero-order valence-corrected chi connectivity index (χ0v) is 16.2. The van der Waals surface area contributed by atoms with Gasteiger partial charge in [-0.2, -0.15) is 0 Å². The van der Waals surface area contributed by atoms with E-state index in [1.54, 1.807) is 6.07 Å². The van der Waals surface area contributed by atoms with Crippen LogP contribution >= 0.6 is 0 Å². The second kappa shape index (κ2) is 6.44. The second-order valence-corrected chi connectivity index (χ2v) is 9.42. The smallest absolute Gasteiger partial charge is 0.211 e. The number of fused-ring (bicyclic) bond motifs is 1. The average molecular weight is 386 g/mol. The van der Waals surface area contributed by atoms with Crippen LogP contribution in [0.1, 0.15) is 56.1 Å². The number of likely N-dealkylation sites (tertiary alicyclic amines) is 1. The monoisotopic (exact) mass is 386 g/mol. The topological polar surface area (TPSA) is 93.0 Å². The molecule has 0 aromatic heterocycles. The number of amides is 1. The molecule has 3 aliphatic carbocycles. The normalized spacial score (nSPS) is 37.5. The summed E-state index contributed by atoms with van der Waals surface area (Å²) in [5.41, 5.74) is 0.541. The number of hydrogen-bond donors (Lipinski definition) is 4. The molecule has 1 aromatic carbocycles. The van der Waals surface area contributed by atoms with Crippen molar-refractivity contribution in [2.45, 2.75) is 74.5 Å². The Morgan fingerprint density at radius 3 is 2.79 bits per heavy atom. The van der Waals surface area contributed by atoms with Crippen LogP contribution in [0.3, 0.4) is 0 Å². The summed E-state index contributed by atoms with van der Waals surface area (Å²) < 4.78 is 0. The molecule has 2 bridgehead atoms. The van der Waals surface area contributed by atoms with Crippen molar-refractivity contribution in [1.82, 2.24) is 4.90 Å². The number of aliphatic hydroxyl groups excluding tert-OH is 1. The van der Waals surface area contributed by atoms with Crippen LogP contribution in [0.4, 0.5) is 5.69 Å². The van der Waals surface area contributed by atoms with E-state index in [9.17, 15) is 20.1 Å². The quantitative estimate of drug-likeness (QED) is 0.469. The highest BCUT2D eigenvalue weighted by atomic mass is 16.3. The standard InChI is InChI=1S/C22H30N2O4/c25-13-23-17-5-4-15-10-18-22(28)7-6-16(26)11-21(22,19(15)20(17)27)8-9-24(18)12-14-2-1-3-14/h4-5,13-14,16,18,26-28H,1-3,6-12H2,(H,23,25)/t16-,18+,21+,22+/m0/s1. The fraction of sp³-hybridized carbons (Fsp3) is 0.682. The van der Waals surface area contributed by atoms with E-state index in [4.69, 9.17) is 0 Å². The van der Waals surface area contributed by atoms with Crippen molar-refractivity contribution in [2.24, 2.45) is 5.92 Å². The minimum absolute atomic E-state index is 0.0196. The number of carbonyl (C=O) groups is 1. The zero-order valence-electron chi connectivity index (χ0n) is 16.2. The molecule has 5 rings (SSSR count). The second-order valence-electron chi connectivity index (χ2n) is 9.42. The van der Waals surface area contributed by atoms with E-state index in [0.29, 0.717) is 37.8 Å². The molecule has 1 heterocycles. The van der Waals surface area contributed by atoms with Gasteiger partial charge in [0.25, 0.3) is 0 Å². The number of aromatic hydroxyl groups is 1. The van der Waals surface area contributed by atoms with E-state index in [0.717, 1.165) is 36.6 Å². The summed E-state index contributed by atoms with van der Waals surface area (Å²) >= 11 is 0. The van der Waals surface area contributed by atoms with Crippen LogP contribution in [0, 0.1) is 5.92 Å². The van der Waals surface area contributed by atoms with Crippen LogP contribution in [-0.2, 0) is 16.6 Å². The van der Waals surface area contributed by atoms with Crippen molar-refractivity contribution in [3.8, 4) is 5.75 Å². The van der Waals surface area contributed by atoms with Gasteiger partial charge in [-0.25, -0.2) is 0 Å². The van der Waals surface area contributed by atoms with Crippen LogP contribution in [0.2, 0.25) is 0 Å². The van der Waals surface area contributed by atoms with E-state index in [1.165, 1.54) is 19.3 Å². The van der Waals surface area contributed by atoms with E-state index in [1.807, 2.05) is 6.07 Å². The molecule has 6 nitrogen and oxygen atoms in total. The predicted octanol–water partition coefficient (Wildman–Crippen LogP) is 1.90. The number of piperidine rings is 1. The van der Waals surface area contributed by atoms with E-state index in [-0.39, 0.29) is 11.8 Å². The van der Waals surface area contributed by atoms with Gasteiger partial charge in [-0.1, -0.05) is 12.5 Å². The maximum atomic E-state index is 12.1. The first-order valence-electron chi connectivity index (χ1n) is 10.7. The number of hydrogen-bond acceptors (Lipinski definition) is 5. The third-order valence-electron chi connectivity index (χ3n) is 8.18. The van der Waals surface area contributed by atoms with Gasteiger partial charge in [0, 0.05) is 23.6 Å². The van der Waals surface area contributed by atoms with Crippen LogP contribution in [0.25, 0.3) is 0 Å². The van der Waals surface area contributed by atoms with Gasteiger partial charge in [0.15, 0.2) is 0 Å². The molecule has 0 unspecified atom stereocenters. The summed E-state index contributed by atoms with van der Waals surface area (Å²) in [5, 5.41) is 36.3. The summed E-state index contributed by atoms with van der Waals surface area (Å²) in [5.74, 6) is 0.794. The van der Waals surface area contributed by atoms with Crippen molar-refractivity contribution in [1.29, 1.82) is 0 Å². The van der Waals surface area contributed by atoms with Gasteiger partial charge in [0.2, 0.25) is 6.41 Å². The fourth-order valence-electron chi connectivity index (χ4n) is 6.60. The average Bonchev–Trinajstić information content (AvgIpc) is 2.62. The molecule has 6 heteroatoms. The van der Waals surface area contributed by atoms with Crippen LogP contribution in [0.15, 0.2) is 12.1 Å². The number of nitrogens with zero attached hydrogens (tertiary/aromatic N) is 1. The lowest BCUT2D eigenvalue weighted by molar-refractivity contribution is -0.185. The highest BCUT2D eigenvalue weighted by molar-refractivity contribution is 5.78. The van der Waals surface area contributed by atoms with E-state index in [2.05, 4.69) is 10.2 Å². The van der Waals surface area contributed by atoms with Gasteiger partial charge in [-0.15, -0.1) is 0 Å². The van der Waals surface area contributed by atoms with E-state index >= 15 is 0 Å². The highest BCUT2D eigenvalue weighted by Crippen LogP contribution is 2.61. The Morgan fingerprint density at radius 1 is 1.25 bits per heavy atom. The molecule has 0 spiro atoms. The Labute approximate surface area is 165 Å². The largest absolute Gasteiger partial charge is 0.505 e. The molecule has 1 amide bonds. The number of benzene rings is 1. The number of carbonyl (C=O) groups excluding carboxylic acids is 1. The Kier molecular flexibility index (Phi) is 4.23. The minimum atomic E-state index is -0.960. The first-order valence-corrected chi connectivity index (χ1v) is 10.7. The fourth-order valence-corrected chi connectivity index (χ4v) is 6.60. The molecule has 28 heavy (non-hydrogen) atoms. The molecular weight excluding hydrogens is 356 g/mol. The van der Waals surface area contributed by atoms with Crippen LogP contribution in [0.5, 0.6) is 5.75 Å². The predicted molar refractivity (Wildman–Crippen MR) is 105 cm³/mol. The molecular formula is C22H30N2O4. The SMILES string of the molecule is O=CNc1ccc2c(c1O)[C@]13CCN(CC4CCC4)[C@H](C2)[C@]1(O)CC[C@H](O)C3. The van der Waals surface area contributed by atoms with Gasteiger partial charge in [-0.05, 0) is 69.0 Å². The Balaban J connectivity index is 1.63. The van der Waals surface area contributed by atoms with Gasteiger partial charge in [-0.3, -0.25) is 9.69 Å². The lowest BCUT2D eigenvalue weighted by atomic mass is 9.49. The first-order chi connectivity index (χ1) is 13.5. The van der Waals surface area contributed by atoms with Crippen LogP contribution < -0.4 is 5.32 Å². The van der Waals surface area contributed by atoms with Crippen molar-refractivity contribution in [3.05, 3.63) is 23.3 Å². The molecule has 1 aromatic rings. The Morgan fingerprint density at radius 2 is 2.07 bits per heavy atom. The zero-order chi connectivity index (χ0) is 19.5. The van der Waals surface area contributed by atoms with Crippen molar-refractivity contribution < 1.29 is 20.1 Å². The molecule has 4 N–H and O–H groups in total. The maximum Gasteiger partial charge on any atom is 0.211 e. The van der Waals surface area contributed by atoms with Gasteiger partial charge < -0.3 is 20.6 Å². The first kappa shape index (κ1) is 18.4.